The molecule has 0 saturated carbocycles. The summed E-state index contributed by atoms with van der Waals surface area (Å²) >= 11 is 0. The minimum absolute atomic E-state index is 0.0382. The zero-order valence-electron chi connectivity index (χ0n) is 14.7. The highest BCUT2D eigenvalue weighted by Crippen LogP contribution is 2.26. The average molecular weight is 332 g/mol. The number of aryl methyl sites for hydroxylation is 1. The third-order valence-corrected chi connectivity index (χ3v) is 3.95. The van der Waals surface area contributed by atoms with Crippen LogP contribution in [-0.2, 0) is 16.0 Å². The van der Waals surface area contributed by atoms with Crippen LogP contribution in [0.25, 0.3) is 0 Å². The molecule has 0 bridgehead atoms. The van der Waals surface area contributed by atoms with Crippen molar-refractivity contribution in [1.29, 1.82) is 0 Å². The van der Waals surface area contributed by atoms with Crippen LogP contribution in [0.5, 0.6) is 0 Å². The van der Waals surface area contributed by atoms with Gasteiger partial charge < -0.3 is 20.3 Å². The fraction of sp³-hybridized carbons (Fsp3) is 0.556. The number of guanidine groups is 1. The average Bonchev–Trinajstić information content (AvgIpc) is 2.62. The smallest absolute Gasteiger partial charge is 0.248 e. The highest BCUT2D eigenvalue weighted by Gasteiger charge is 2.21. The van der Waals surface area contributed by atoms with Crippen LogP contribution in [0.2, 0.25) is 0 Å². The summed E-state index contributed by atoms with van der Waals surface area (Å²) in [5, 5.41) is 6.39. The summed E-state index contributed by atoms with van der Waals surface area (Å²) < 4.78 is 5.03. The lowest BCUT2D eigenvalue weighted by molar-refractivity contribution is -0.117. The van der Waals surface area contributed by atoms with Crippen molar-refractivity contribution in [3.63, 3.8) is 0 Å². The maximum Gasteiger partial charge on any atom is 0.248 e. The predicted molar refractivity (Wildman–Crippen MR) is 97.6 cm³/mol. The second kappa shape index (κ2) is 9.93. The standard InChI is InChI=1S/C18H28N4O2/c1-3-19-18(20-11-7-13-24-2)21-14-17(23)22-12-6-9-15-8-4-5-10-16(15)22/h4-5,8,10H,3,6-7,9,11-14H2,1-2H3,(H2,19,20,21). The first-order valence-electron chi connectivity index (χ1n) is 8.65. The van der Waals surface area contributed by atoms with Gasteiger partial charge in [0, 0.05) is 39.0 Å². The number of aliphatic imine (C=N–C) groups is 1. The summed E-state index contributed by atoms with van der Waals surface area (Å²) in [6.07, 6.45) is 2.93. The van der Waals surface area contributed by atoms with E-state index in [1.165, 1.54) is 5.56 Å². The molecule has 0 unspecified atom stereocenters. The van der Waals surface area contributed by atoms with Crippen LogP contribution in [0.15, 0.2) is 29.3 Å². The molecule has 2 rings (SSSR count). The van der Waals surface area contributed by atoms with Gasteiger partial charge in [0.15, 0.2) is 5.96 Å². The number of fused-ring (bicyclic) bond motifs is 1. The molecule has 1 aromatic rings. The number of methoxy groups -OCH3 is 1. The molecular weight excluding hydrogens is 304 g/mol. The maximum absolute atomic E-state index is 12.6. The number of nitrogens with one attached hydrogen (secondary N) is 2. The minimum Gasteiger partial charge on any atom is -0.385 e. The largest absolute Gasteiger partial charge is 0.385 e. The van der Waals surface area contributed by atoms with Crippen molar-refractivity contribution < 1.29 is 9.53 Å². The van der Waals surface area contributed by atoms with E-state index in [1.54, 1.807) is 7.11 Å². The number of para-hydroxylation sites is 1. The Morgan fingerprint density at radius 2 is 2.17 bits per heavy atom. The Bertz CT molecular complexity index is 560. The number of hydrogen-bond acceptors (Lipinski definition) is 3. The Morgan fingerprint density at radius 3 is 2.96 bits per heavy atom. The SMILES string of the molecule is CCNC(=NCC(=O)N1CCCc2ccccc21)NCCCOC. The summed E-state index contributed by atoms with van der Waals surface area (Å²) in [5.41, 5.74) is 2.27. The van der Waals surface area contributed by atoms with E-state index < -0.39 is 0 Å². The van der Waals surface area contributed by atoms with E-state index in [1.807, 2.05) is 30.0 Å². The molecule has 1 aromatic carbocycles. The third kappa shape index (κ3) is 5.23. The Kier molecular flexibility index (Phi) is 7.55. The van der Waals surface area contributed by atoms with Crippen LogP contribution >= 0.6 is 0 Å². The zero-order valence-corrected chi connectivity index (χ0v) is 14.7. The molecule has 6 heteroatoms. The molecule has 1 amide bonds. The van der Waals surface area contributed by atoms with E-state index in [0.29, 0.717) is 12.6 Å². The molecule has 0 fully saturated rings. The number of benzene rings is 1. The molecule has 1 aliphatic rings. The number of anilines is 1. The van der Waals surface area contributed by atoms with Crippen molar-refractivity contribution in [3.05, 3.63) is 29.8 Å². The number of nitrogens with zero attached hydrogens (tertiary/aromatic N) is 2. The van der Waals surface area contributed by atoms with Crippen molar-refractivity contribution in [1.82, 2.24) is 10.6 Å². The lowest BCUT2D eigenvalue weighted by Gasteiger charge is -2.29. The molecule has 1 heterocycles. The van der Waals surface area contributed by atoms with Gasteiger partial charge in [-0.25, -0.2) is 4.99 Å². The topological polar surface area (TPSA) is 66.0 Å². The first kappa shape index (κ1) is 18.3. The van der Waals surface area contributed by atoms with Gasteiger partial charge in [-0.3, -0.25) is 4.79 Å². The van der Waals surface area contributed by atoms with Gasteiger partial charge in [-0.1, -0.05) is 18.2 Å². The van der Waals surface area contributed by atoms with Crippen LogP contribution in [-0.4, -0.2) is 51.8 Å². The van der Waals surface area contributed by atoms with Crippen LogP contribution in [0.4, 0.5) is 5.69 Å². The Morgan fingerprint density at radius 1 is 1.33 bits per heavy atom. The molecule has 0 aliphatic carbocycles. The monoisotopic (exact) mass is 332 g/mol. The van der Waals surface area contributed by atoms with E-state index >= 15 is 0 Å². The maximum atomic E-state index is 12.6. The molecule has 6 nitrogen and oxygen atoms in total. The molecule has 132 valence electrons. The second-order valence-electron chi connectivity index (χ2n) is 5.75. The summed E-state index contributed by atoms with van der Waals surface area (Å²) in [5.74, 6) is 0.712. The number of rotatable bonds is 7. The van der Waals surface area contributed by atoms with Crippen molar-refractivity contribution >= 4 is 17.6 Å². The van der Waals surface area contributed by atoms with E-state index in [9.17, 15) is 4.79 Å². The molecule has 1 aliphatic heterocycles. The number of carbonyl (C=O) groups is 1. The van der Waals surface area contributed by atoms with Gasteiger partial charge in [-0.2, -0.15) is 0 Å². The highest BCUT2D eigenvalue weighted by molar-refractivity contribution is 5.97. The van der Waals surface area contributed by atoms with Crippen LogP contribution in [0, 0.1) is 0 Å². The fourth-order valence-corrected chi connectivity index (χ4v) is 2.79. The van der Waals surface area contributed by atoms with Crippen molar-refractivity contribution in [3.8, 4) is 0 Å². The van der Waals surface area contributed by atoms with Gasteiger partial charge in [-0.05, 0) is 37.8 Å². The Hall–Kier alpha value is -2.08. The molecular formula is C18H28N4O2. The molecule has 0 saturated heterocycles. The van der Waals surface area contributed by atoms with Crippen LogP contribution < -0.4 is 15.5 Å². The van der Waals surface area contributed by atoms with E-state index in [2.05, 4.69) is 21.7 Å². The van der Waals surface area contributed by atoms with Gasteiger partial charge in [0.1, 0.15) is 6.54 Å². The molecule has 0 radical (unpaired) electrons. The van der Waals surface area contributed by atoms with Gasteiger partial charge in [0.2, 0.25) is 5.91 Å². The van der Waals surface area contributed by atoms with Crippen LogP contribution in [0.3, 0.4) is 0 Å². The van der Waals surface area contributed by atoms with Gasteiger partial charge in [0.25, 0.3) is 0 Å². The first-order chi connectivity index (χ1) is 11.8. The molecule has 24 heavy (non-hydrogen) atoms. The Balaban J connectivity index is 1.94. The number of ether oxygens (including phenoxy) is 1. The number of amides is 1. The molecule has 0 spiro atoms. The van der Waals surface area contributed by atoms with Gasteiger partial charge >= 0.3 is 0 Å². The van der Waals surface area contributed by atoms with Gasteiger partial charge in [0.05, 0.1) is 0 Å². The lowest BCUT2D eigenvalue weighted by atomic mass is 10.0. The number of hydrogen-bond donors (Lipinski definition) is 2. The quantitative estimate of drug-likeness (QED) is 0.452. The lowest BCUT2D eigenvalue weighted by Crippen LogP contribution is -2.41. The van der Waals surface area contributed by atoms with Gasteiger partial charge in [-0.15, -0.1) is 0 Å². The normalized spacial score (nSPS) is 14.2. The summed E-state index contributed by atoms with van der Waals surface area (Å²) in [6.45, 7) is 5.15. The van der Waals surface area contributed by atoms with E-state index in [-0.39, 0.29) is 12.5 Å². The molecule has 0 aromatic heterocycles. The number of carbonyl (C=O) groups excluding carboxylic acids is 1. The zero-order chi connectivity index (χ0) is 17.2. The predicted octanol–water partition coefficient (Wildman–Crippen LogP) is 1.56. The summed E-state index contributed by atoms with van der Waals surface area (Å²) in [7, 11) is 1.69. The van der Waals surface area contributed by atoms with E-state index in [0.717, 1.165) is 44.6 Å². The third-order valence-electron chi connectivity index (χ3n) is 3.95. The molecule has 0 atom stereocenters. The second-order valence-corrected chi connectivity index (χ2v) is 5.75. The van der Waals surface area contributed by atoms with Crippen molar-refractivity contribution in [2.24, 2.45) is 4.99 Å². The summed E-state index contributed by atoms with van der Waals surface area (Å²) in [6, 6.07) is 8.12. The highest BCUT2D eigenvalue weighted by atomic mass is 16.5. The summed E-state index contributed by atoms with van der Waals surface area (Å²) in [4.78, 5) is 18.9. The Labute approximate surface area is 144 Å². The van der Waals surface area contributed by atoms with Crippen molar-refractivity contribution in [2.45, 2.75) is 26.2 Å². The fourth-order valence-electron chi connectivity index (χ4n) is 2.79. The van der Waals surface area contributed by atoms with Crippen LogP contribution in [0.1, 0.15) is 25.3 Å². The van der Waals surface area contributed by atoms with Crippen molar-refractivity contribution in [2.75, 3.05) is 44.8 Å². The molecule has 2 N–H and O–H groups in total. The minimum atomic E-state index is 0.0382. The first-order valence-corrected chi connectivity index (χ1v) is 8.65. The van der Waals surface area contributed by atoms with E-state index in [4.69, 9.17) is 4.74 Å².